The number of amides is 1. The van der Waals surface area contributed by atoms with Gasteiger partial charge in [0.2, 0.25) is 5.91 Å². The molecule has 0 unspecified atom stereocenters. The fourth-order valence-corrected chi connectivity index (χ4v) is 4.10. The number of nitriles is 1. The van der Waals surface area contributed by atoms with Gasteiger partial charge in [-0.1, -0.05) is 18.2 Å². The fourth-order valence-electron chi connectivity index (χ4n) is 3.39. The summed E-state index contributed by atoms with van der Waals surface area (Å²) in [6, 6.07) is 21.4. The van der Waals surface area contributed by atoms with Crippen LogP contribution in [0.2, 0.25) is 0 Å². The van der Waals surface area contributed by atoms with E-state index in [1.165, 1.54) is 17.0 Å². The minimum absolute atomic E-state index is 0.0261. The summed E-state index contributed by atoms with van der Waals surface area (Å²) in [6.45, 7) is 0.605. The maximum atomic E-state index is 13.8. The van der Waals surface area contributed by atoms with Gasteiger partial charge in [-0.25, -0.2) is 9.07 Å². The Morgan fingerprint density at radius 1 is 1.09 bits per heavy atom. The molecule has 5 nitrogen and oxygen atoms in total. The highest BCUT2D eigenvalue weighted by Gasteiger charge is 2.14. The SMILES string of the molecule is N#Cc1ccc(-n2nc(CCC(=O)NCCc3cccs3)cc2-c2cccc(F)c2)cc1. The van der Waals surface area contributed by atoms with E-state index in [0.29, 0.717) is 30.5 Å². The number of rotatable bonds is 8. The molecule has 4 aromatic rings. The second-order valence-corrected chi connectivity index (χ2v) is 8.31. The standard InChI is InChI=1S/C25H21FN4OS/c26-20-4-1-3-19(15-20)24-16-21(29-30(24)22-9-6-18(17-27)7-10-22)8-11-25(31)28-13-12-23-5-2-14-32-23/h1-7,9-10,14-16H,8,11-13H2,(H,28,31). The summed E-state index contributed by atoms with van der Waals surface area (Å²) in [5.41, 5.74) is 3.46. The van der Waals surface area contributed by atoms with E-state index in [0.717, 1.165) is 23.5 Å². The molecule has 0 fully saturated rings. The second-order valence-electron chi connectivity index (χ2n) is 7.28. The number of thiophene rings is 1. The highest BCUT2D eigenvalue weighted by molar-refractivity contribution is 7.09. The van der Waals surface area contributed by atoms with Crippen molar-refractivity contribution < 1.29 is 9.18 Å². The zero-order valence-corrected chi connectivity index (χ0v) is 18.1. The van der Waals surface area contributed by atoms with Crippen LogP contribution in [0.4, 0.5) is 4.39 Å². The number of benzene rings is 2. The molecule has 32 heavy (non-hydrogen) atoms. The first-order valence-corrected chi connectivity index (χ1v) is 11.1. The summed E-state index contributed by atoms with van der Waals surface area (Å²) in [4.78, 5) is 13.5. The minimum Gasteiger partial charge on any atom is -0.356 e. The Kier molecular flexibility index (Phi) is 6.73. The molecule has 0 atom stereocenters. The fraction of sp³-hybridized carbons (Fsp3) is 0.160. The number of nitrogens with zero attached hydrogens (tertiary/aromatic N) is 3. The Morgan fingerprint density at radius 3 is 2.66 bits per heavy atom. The number of carbonyl (C=O) groups excluding carboxylic acids is 1. The largest absolute Gasteiger partial charge is 0.356 e. The van der Waals surface area contributed by atoms with E-state index < -0.39 is 0 Å². The maximum Gasteiger partial charge on any atom is 0.220 e. The third-order valence-electron chi connectivity index (χ3n) is 5.00. The molecule has 0 aliphatic heterocycles. The predicted molar refractivity (Wildman–Crippen MR) is 123 cm³/mol. The molecule has 0 saturated carbocycles. The summed E-state index contributed by atoms with van der Waals surface area (Å²) in [6.07, 6.45) is 1.61. The molecule has 0 bridgehead atoms. The van der Waals surface area contributed by atoms with Gasteiger partial charge in [0, 0.05) is 29.8 Å². The van der Waals surface area contributed by atoms with E-state index in [1.54, 1.807) is 46.4 Å². The topological polar surface area (TPSA) is 70.7 Å². The average Bonchev–Trinajstić information content (AvgIpc) is 3.48. The van der Waals surface area contributed by atoms with Crippen LogP contribution in [-0.4, -0.2) is 22.2 Å². The summed E-state index contributed by atoms with van der Waals surface area (Å²) in [5.74, 6) is -0.358. The van der Waals surface area contributed by atoms with Crippen LogP contribution in [0.3, 0.4) is 0 Å². The molecule has 7 heteroatoms. The van der Waals surface area contributed by atoms with E-state index in [2.05, 4.69) is 22.6 Å². The Morgan fingerprint density at radius 2 is 1.94 bits per heavy atom. The second kappa shape index (κ2) is 10.0. The van der Waals surface area contributed by atoms with Crippen molar-refractivity contribution in [2.24, 2.45) is 0 Å². The van der Waals surface area contributed by atoms with Crippen molar-refractivity contribution >= 4 is 17.2 Å². The molecule has 0 saturated heterocycles. The lowest BCUT2D eigenvalue weighted by Crippen LogP contribution is -2.25. The van der Waals surface area contributed by atoms with E-state index in [-0.39, 0.29) is 11.7 Å². The van der Waals surface area contributed by atoms with Crippen molar-refractivity contribution in [3.63, 3.8) is 0 Å². The lowest BCUT2D eigenvalue weighted by molar-refractivity contribution is -0.121. The van der Waals surface area contributed by atoms with Gasteiger partial charge in [0.15, 0.2) is 0 Å². The van der Waals surface area contributed by atoms with Crippen molar-refractivity contribution in [3.05, 3.63) is 94.1 Å². The maximum absolute atomic E-state index is 13.8. The smallest absolute Gasteiger partial charge is 0.220 e. The number of aryl methyl sites for hydroxylation is 1. The zero-order valence-electron chi connectivity index (χ0n) is 17.3. The Bertz CT molecular complexity index is 1240. The molecular formula is C25H21FN4OS. The first-order valence-electron chi connectivity index (χ1n) is 10.3. The van der Waals surface area contributed by atoms with Gasteiger partial charge in [-0.2, -0.15) is 10.4 Å². The summed E-state index contributed by atoms with van der Waals surface area (Å²) in [5, 5.41) is 18.7. The van der Waals surface area contributed by atoms with Gasteiger partial charge < -0.3 is 5.32 Å². The van der Waals surface area contributed by atoms with Gasteiger partial charge in [0.1, 0.15) is 5.82 Å². The van der Waals surface area contributed by atoms with Crippen molar-refractivity contribution in [2.75, 3.05) is 6.54 Å². The molecular weight excluding hydrogens is 423 g/mol. The van der Waals surface area contributed by atoms with Crippen LogP contribution in [0, 0.1) is 17.1 Å². The average molecular weight is 445 g/mol. The number of aromatic nitrogens is 2. The number of carbonyl (C=O) groups is 1. The lowest BCUT2D eigenvalue weighted by atomic mass is 10.1. The molecule has 2 aromatic heterocycles. The first-order chi connectivity index (χ1) is 15.6. The summed E-state index contributed by atoms with van der Waals surface area (Å²) >= 11 is 1.68. The molecule has 4 rings (SSSR count). The quantitative estimate of drug-likeness (QED) is 0.420. The van der Waals surface area contributed by atoms with Gasteiger partial charge in [-0.05, 0) is 60.3 Å². The normalized spacial score (nSPS) is 10.6. The lowest BCUT2D eigenvalue weighted by Gasteiger charge is -2.08. The molecule has 0 spiro atoms. The van der Waals surface area contributed by atoms with E-state index >= 15 is 0 Å². The summed E-state index contributed by atoms with van der Waals surface area (Å²) in [7, 11) is 0. The minimum atomic E-state index is -0.332. The monoisotopic (exact) mass is 444 g/mol. The molecule has 0 aliphatic rings. The Labute approximate surface area is 189 Å². The van der Waals surface area contributed by atoms with Crippen LogP contribution in [-0.2, 0) is 17.6 Å². The highest BCUT2D eigenvalue weighted by Crippen LogP contribution is 2.25. The van der Waals surface area contributed by atoms with Crippen LogP contribution in [0.1, 0.15) is 22.6 Å². The van der Waals surface area contributed by atoms with Crippen molar-refractivity contribution in [1.82, 2.24) is 15.1 Å². The van der Waals surface area contributed by atoms with Crippen molar-refractivity contribution in [1.29, 1.82) is 5.26 Å². The Hall–Kier alpha value is -3.76. The number of hydrogen-bond donors (Lipinski definition) is 1. The summed E-state index contributed by atoms with van der Waals surface area (Å²) < 4.78 is 15.6. The van der Waals surface area contributed by atoms with E-state index in [9.17, 15) is 9.18 Å². The first kappa shape index (κ1) is 21.5. The van der Waals surface area contributed by atoms with Gasteiger partial charge >= 0.3 is 0 Å². The number of halogens is 1. The number of nitrogens with one attached hydrogen (secondary N) is 1. The third kappa shape index (κ3) is 5.29. The van der Waals surface area contributed by atoms with Gasteiger partial charge in [-0.15, -0.1) is 11.3 Å². The molecule has 0 aliphatic carbocycles. The third-order valence-corrected chi connectivity index (χ3v) is 5.94. The van der Waals surface area contributed by atoms with Crippen molar-refractivity contribution in [2.45, 2.75) is 19.3 Å². The zero-order chi connectivity index (χ0) is 22.3. The molecule has 1 amide bonds. The van der Waals surface area contributed by atoms with Crippen LogP contribution in [0.25, 0.3) is 16.9 Å². The van der Waals surface area contributed by atoms with Crippen LogP contribution in [0.15, 0.2) is 72.1 Å². The van der Waals surface area contributed by atoms with E-state index in [1.807, 2.05) is 23.6 Å². The molecule has 1 N–H and O–H groups in total. The number of hydrogen-bond acceptors (Lipinski definition) is 4. The molecule has 160 valence electrons. The Balaban J connectivity index is 1.49. The van der Waals surface area contributed by atoms with Crippen LogP contribution in [0.5, 0.6) is 0 Å². The predicted octanol–water partition coefficient (Wildman–Crippen LogP) is 4.90. The highest BCUT2D eigenvalue weighted by atomic mass is 32.1. The molecule has 2 aromatic carbocycles. The van der Waals surface area contributed by atoms with Gasteiger partial charge in [0.25, 0.3) is 0 Å². The van der Waals surface area contributed by atoms with Gasteiger partial charge in [-0.3, -0.25) is 4.79 Å². The van der Waals surface area contributed by atoms with Crippen LogP contribution >= 0.6 is 11.3 Å². The molecule has 2 heterocycles. The molecule has 0 radical (unpaired) electrons. The van der Waals surface area contributed by atoms with Crippen molar-refractivity contribution in [3.8, 4) is 23.0 Å². The van der Waals surface area contributed by atoms with Crippen LogP contribution < -0.4 is 5.32 Å². The van der Waals surface area contributed by atoms with E-state index in [4.69, 9.17) is 5.26 Å². The van der Waals surface area contributed by atoms with Gasteiger partial charge in [0.05, 0.1) is 28.7 Å².